The van der Waals surface area contributed by atoms with Gasteiger partial charge in [-0.25, -0.2) is 0 Å². The minimum absolute atomic E-state index is 0.106. The first-order valence-electron chi connectivity index (χ1n) is 7.35. The van der Waals surface area contributed by atoms with Crippen molar-refractivity contribution >= 4 is 17.2 Å². The van der Waals surface area contributed by atoms with Crippen LogP contribution in [0.25, 0.3) is 0 Å². The Morgan fingerprint density at radius 1 is 1.43 bits per heavy atom. The van der Waals surface area contributed by atoms with E-state index in [1.807, 2.05) is 24.3 Å². The van der Waals surface area contributed by atoms with Crippen LogP contribution < -0.4 is 10.5 Å². The average molecular weight is 308 g/mol. The predicted molar refractivity (Wildman–Crippen MR) is 88.9 cm³/mol. The number of thiocarbonyl (C=S) groups is 1. The number of benzene rings is 1. The van der Waals surface area contributed by atoms with Gasteiger partial charge in [-0.3, -0.25) is 4.90 Å². The minimum Gasteiger partial charge on any atom is -0.493 e. The molecule has 0 amide bonds. The van der Waals surface area contributed by atoms with Gasteiger partial charge in [-0.2, -0.15) is 0 Å². The van der Waals surface area contributed by atoms with Crippen molar-refractivity contribution in [2.24, 2.45) is 5.73 Å². The Labute approximate surface area is 132 Å². The van der Waals surface area contributed by atoms with Crippen LogP contribution in [0.2, 0.25) is 0 Å². The molecule has 0 radical (unpaired) electrons. The summed E-state index contributed by atoms with van der Waals surface area (Å²) in [4.78, 5) is 2.83. The fourth-order valence-electron chi connectivity index (χ4n) is 2.54. The van der Waals surface area contributed by atoms with E-state index in [4.69, 9.17) is 27.4 Å². The first-order chi connectivity index (χ1) is 10.0. The molecule has 0 saturated carbocycles. The topological polar surface area (TPSA) is 47.7 Å². The van der Waals surface area contributed by atoms with E-state index in [-0.39, 0.29) is 5.54 Å². The van der Waals surface area contributed by atoms with Crippen LogP contribution in [-0.4, -0.2) is 48.3 Å². The number of hydrogen-bond acceptors (Lipinski definition) is 4. The maximum atomic E-state index is 5.83. The largest absolute Gasteiger partial charge is 0.493 e. The van der Waals surface area contributed by atoms with Crippen molar-refractivity contribution in [2.45, 2.75) is 25.8 Å². The Bertz CT molecular complexity index is 491. The molecule has 0 aromatic heterocycles. The lowest BCUT2D eigenvalue weighted by atomic mass is 10.0. The first kappa shape index (κ1) is 16.2. The highest BCUT2D eigenvalue weighted by Crippen LogP contribution is 2.20. The van der Waals surface area contributed by atoms with Crippen molar-refractivity contribution in [3.8, 4) is 5.75 Å². The van der Waals surface area contributed by atoms with Crippen LogP contribution in [-0.2, 0) is 4.74 Å². The molecule has 0 aliphatic carbocycles. The molecular formula is C16H24N2O2S. The zero-order chi connectivity index (χ0) is 15.3. The smallest absolute Gasteiger partial charge is 0.129 e. The third-order valence-electron chi connectivity index (χ3n) is 3.80. The summed E-state index contributed by atoms with van der Waals surface area (Å²) in [6.07, 6.45) is 0.967. The number of morpholine rings is 1. The molecule has 2 N–H and O–H groups in total. The third kappa shape index (κ3) is 4.40. The van der Waals surface area contributed by atoms with Crippen LogP contribution >= 0.6 is 12.2 Å². The summed E-state index contributed by atoms with van der Waals surface area (Å²) in [6, 6.07) is 7.65. The summed E-state index contributed by atoms with van der Waals surface area (Å²) < 4.78 is 11.4. The molecule has 0 unspecified atom stereocenters. The van der Waals surface area contributed by atoms with Crippen LogP contribution in [0.15, 0.2) is 24.3 Å². The Hall–Kier alpha value is -1.17. The van der Waals surface area contributed by atoms with Crippen LogP contribution in [0.5, 0.6) is 5.75 Å². The zero-order valence-corrected chi connectivity index (χ0v) is 13.6. The number of para-hydroxylation sites is 1. The number of hydrogen-bond donors (Lipinski definition) is 1. The van der Waals surface area contributed by atoms with Gasteiger partial charge in [-0.05, 0) is 32.4 Å². The van der Waals surface area contributed by atoms with Gasteiger partial charge in [0.15, 0.2) is 0 Å². The highest BCUT2D eigenvalue weighted by molar-refractivity contribution is 7.80. The summed E-state index contributed by atoms with van der Waals surface area (Å²) in [7, 11) is 0. The van der Waals surface area contributed by atoms with Crippen LogP contribution in [0.1, 0.15) is 25.8 Å². The van der Waals surface area contributed by atoms with E-state index in [2.05, 4.69) is 18.7 Å². The second-order valence-corrected chi connectivity index (χ2v) is 6.35. The zero-order valence-electron chi connectivity index (χ0n) is 12.8. The van der Waals surface area contributed by atoms with Crippen molar-refractivity contribution in [3.63, 3.8) is 0 Å². The molecule has 1 aromatic carbocycles. The quantitative estimate of drug-likeness (QED) is 0.645. The van der Waals surface area contributed by atoms with E-state index in [9.17, 15) is 0 Å². The van der Waals surface area contributed by atoms with Gasteiger partial charge in [0.05, 0.1) is 25.4 Å². The van der Waals surface area contributed by atoms with Gasteiger partial charge in [0, 0.05) is 18.6 Å². The molecule has 1 saturated heterocycles. The highest BCUT2D eigenvalue weighted by atomic mass is 32.1. The molecule has 1 fully saturated rings. The molecule has 1 aliphatic heterocycles. The van der Waals surface area contributed by atoms with Gasteiger partial charge in [0.1, 0.15) is 10.7 Å². The standard InChI is InChI=1S/C16H24N2O2S/c1-16(2)12-19-11-9-18(16)8-5-10-20-14-7-4-3-6-13(14)15(17)21/h3-4,6-7H,5,8-12H2,1-2H3,(H2,17,21). The summed E-state index contributed by atoms with van der Waals surface area (Å²) in [6.45, 7) is 8.69. The van der Waals surface area contributed by atoms with E-state index in [0.29, 0.717) is 11.6 Å². The van der Waals surface area contributed by atoms with Crippen molar-refractivity contribution in [1.82, 2.24) is 4.90 Å². The molecule has 1 aliphatic rings. The summed E-state index contributed by atoms with van der Waals surface area (Å²) in [5.74, 6) is 0.770. The molecule has 1 aromatic rings. The molecule has 4 nitrogen and oxygen atoms in total. The van der Waals surface area contributed by atoms with Gasteiger partial charge in [0.2, 0.25) is 0 Å². The van der Waals surface area contributed by atoms with E-state index in [0.717, 1.165) is 44.0 Å². The Morgan fingerprint density at radius 3 is 2.90 bits per heavy atom. The van der Waals surface area contributed by atoms with Crippen molar-refractivity contribution < 1.29 is 9.47 Å². The first-order valence-corrected chi connectivity index (χ1v) is 7.76. The van der Waals surface area contributed by atoms with Gasteiger partial charge in [0.25, 0.3) is 0 Å². The van der Waals surface area contributed by atoms with Crippen molar-refractivity contribution in [1.29, 1.82) is 0 Å². The van der Waals surface area contributed by atoms with Crippen LogP contribution in [0.3, 0.4) is 0 Å². The number of nitrogens with two attached hydrogens (primary N) is 1. The van der Waals surface area contributed by atoms with E-state index < -0.39 is 0 Å². The van der Waals surface area contributed by atoms with Gasteiger partial charge >= 0.3 is 0 Å². The van der Waals surface area contributed by atoms with Crippen LogP contribution in [0, 0.1) is 0 Å². The molecule has 0 bridgehead atoms. The second kappa shape index (κ2) is 7.20. The van der Waals surface area contributed by atoms with Crippen LogP contribution in [0.4, 0.5) is 0 Å². The summed E-state index contributed by atoms with van der Waals surface area (Å²) in [5, 5.41) is 0. The molecule has 0 spiro atoms. The van der Waals surface area contributed by atoms with E-state index in [1.54, 1.807) is 0 Å². The lowest BCUT2D eigenvalue weighted by molar-refractivity contribution is -0.0521. The van der Waals surface area contributed by atoms with E-state index >= 15 is 0 Å². The second-order valence-electron chi connectivity index (χ2n) is 5.91. The number of ether oxygens (including phenoxy) is 2. The molecule has 21 heavy (non-hydrogen) atoms. The molecule has 2 rings (SSSR count). The molecule has 0 atom stereocenters. The molecule has 116 valence electrons. The SMILES string of the molecule is CC1(C)COCCN1CCCOc1ccccc1C(N)=S. The van der Waals surface area contributed by atoms with Gasteiger partial charge in [-0.15, -0.1) is 0 Å². The molecular weight excluding hydrogens is 284 g/mol. The van der Waals surface area contributed by atoms with E-state index in [1.165, 1.54) is 0 Å². The minimum atomic E-state index is 0.106. The maximum Gasteiger partial charge on any atom is 0.129 e. The van der Waals surface area contributed by atoms with Gasteiger partial charge in [-0.1, -0.05) is 24.4 Å². The fourth-order valence-corrected chi connectivity index (χ4v) is 2.71. The number of nitrogens with zero attached hydrogens (tertiary/aromatic N) is 1. The van der Waals surface area contributed by atoms with Crippen molar-refractivity contribution in [3.05, 3.63) is 29.8 Å². The summed E-state index contributed by atoms with van der Waals surface area (Å²) in [5.41, 5.74) is 6.61. The maximum absolute atomic E-state index is 5.83. The monoisotopic (exact) mass is 308 g/mol. The normalized spacial score (nSPS) is 18.4. The Morgan fingerprint density at radius 2 is 2.19 bits per heavy atom. The lowest BCUT2D eigenvalue weighted by Gasteiger charge is -2.42. The Balaban J connectivity index is 1.81. The number of rotatable bonds is 6. The lowest BCUT2D eigenvalue weighted by Crippen LogP contribution is -2.53. The average Bonchev–Trinajstić information content (AvgIpc) is 2.45. The fraction of sp³-hybridized carbons (Fsp3) is 0.562. The molecule has 5 heteroatoms. The van der Waals surface area contributed by atoms with Gasteiger partial charge < -0.3 is 15.2 Å². The highest BCUT2D eigenvalue weighted by Gasteiger charge is 2.29. The summed E-state index contributed by atoms with van der Waals surface area (Å²) >= 11 is 5.04. The Kier molecular flexibility index (Phi) is 5.56. The third-order valence-corrected chi connectivity index (χ3v) is 4.02. The van der Waals surface area contributed by atoms with Crippen molar-refractivity contribution in [2.75, 3.05) is 32.9 Å². The predicted octanol–water partition coefficient (Wildman–Crippen LogP) is 2.20. The molecule has 1 heterocycles.